The molecule has 3 heterocycles. The summed E-state index contributed by atoms with van der Waals surface area (Å²) in [6.07, 6.45) is 3.76. The molecule has 1 atom stereocenters. The molecule has 0 radical (unpaired) electrons. The number of H-pyrrole nitrogens is 1. The monoisotopic (exact) mass is 333 g/mol. The standard InChI is InChI=1S/C16H16ClN3O3/c17-12-6-11(7-14-15(12)23-9-22-14)16(21)20-5-1-2-10(8-20)13-3-4-18-19-13/h3-4,6-7,10H,1-2,5,8-9H2,(H,18,19). The predicted molar refractivity (Wildman–Crippen MR) is 84.0 cm³/mol. The van der Waals surface area contributed by atoms with E-state index in [4.69, 9.17) is 21.1 Å². The molecule has 0 spiro atoms. The SMILES string of the molecule is O=C(c1cc(Cl)c2c(c1)OCO2)N1CCCC(c2ccn[nH]2)C1. The fourth-order valence-corrected chi connectivity index (χ4v) is 3.45. The van der Waals surface area contributed by atoms with Crippen LogP contribution in [0.15, 0.2) is 24.4 Å². The van der Waals surface area contributed by atoms with Crippen molar-refractivity contribution in [3.8, 4) is 11.5 Å². The van der Waals surface area contributed by atoms with Gasteiger partial charge in [-0.05, 0) is 31.0 Å². The van der Waals surface area contributed by atoms with Crippen LogP contribution in [0.1, 0.15) is 34.8 Å². The number of nitrogens with one attached hydrogen (secondary N) is 1. The number of rotatable bonds is 2. The lowest BCUT2D eigenvalue weighted by Gasteiger charge is -2.32. The Morgan fingerprint density at radius 2 is 2.30 bits per heavy atom. The summed E-state index contributed by atoms with van der Waals surface area (Å²) in [5.41, 5.74) is 1.61. The second-order valence-corrected chi connectivity index (χ2v) is 6.20. The van der Waals surface area contributed by atoms with E-state index in [1.807, 2.05) is 11.0 Å². The highest BCUT2D eigenvalue weighted by molar-refractivity contribution is 6.32. The lowest BCUT2D eigenvalue weighted by Crippen LogP contribution is -2.39. The molecule has 7 heteroatoms. The summed E-state index contributed by atoms with van der Waals surface area (Å²) >= 11 is 6.18. The van der Waals surface area contributed by atoms with E-state index in [2.05, 4.69) is 10.2 Å². The summed E-state index contributed by atoms with van der Waals surface area (Å²) < 4.78 is 10.6. The topological polar surface area (TPSA) is 67.5 Å². The van der Waals surface area contributed by atoms with Crippen LogP contribution >= 0.6 is 11.6 Å². The molecule has 2 aliphatic heterocycles. The van der Waals surface area contributed by atoms with Crippen LogP contribution in [0.25, 0.3) is 0 Å². The smallest absolute Gasteiger partial charge is 0.254 e. The number of nitrogens with zero attached hydrogens (tertiary/aromatic N) is 2. The van der Waals surface area contributed by atoms with Gasteiger partial charge in [0.15, 0.2) is 11.5 Å². The Kier molecular flexibility index (Phi) is 3.61. The molecule has 6 nitrogen and oxygen atoms in total. The van der Waals surface area contributed by atoms with Crippen LogP contribution in [0.3, 0.4) is 0 Å². The van der Waals surface area contributed by atoms with Crippen molar-refractivity contribution in [1.29, 1.82) is 0 Å². The Hall–Kier alpha value is -2.21. The molecule has 120 valence electrons. The third-order valence-electron chi connectivity index (χ3n) is 4.34. The molecule has 0 aliphatic carbocycles. The van der Waals surface area contributed by atoms with Crippen molar-refractivity contribution in [2.24, 2.45) is 0 Å². The van der Waals surface area contributed by atoms with Crippen molar-refractivity contribution >= 4 is 17.5 Å². The molecular formula is C16H16ClN3O3. The van der Waals surface area contributed by atoms with E-state index in [1.54, 1.807) is 18.3 Å². The average molecular weight is 334 g/mol. The molecule has 2 aliphatic rings. The van der Waals surface area contributed by atoms with Crippen molar-refractivity contribution in [2.75, 3.05) is 19.9 Å². The molecule has 0 saturated carbocycles. The minimum atomic E-state index is -0.0329. The summed E-state index contributed by atoms with van der Waals surface area (Å²) in [6, 6.07) is 5.32. The molecule has 1 aromatic carbocycles. The molecule has 2 aromatic rings. The van der Waals surface area contributed by atoms with E-state index in [1.165, 1.54) is 0 Å². The van der Waals surface area contributed by atoms with Crippen LogP contribution in [0, 0.1) is 0 Å². The van der Waals surface area contributed by atoms with E-state index < -0.39 is 0 Å². The van der Waals surface area contributed by atoms with Gasteiger partial charge in [0.2, 0.25) is 6.79 Å². The highest BCUT2D eigenvalue weighted by Crippen LogP contribution is 2.40. The van der Waals surface area contributed by atoms with Gasteiger partial charge >= 0.3 is 0 Å². The lowest BCUT2D eigenvalue weighted by molar-refractivity contribution is 0.0705. The molecular weight excluding hydrogens is 318 g/mol. The quantitative estimate of drug-likeness (QED) is 0.917. The second kappa shape index (κ2) is 5.77. The molecule has 23 heavy (non-hydrogen) atoms. The first-order valence-corrected chi connectivity index (χ1v) is 7.98. The number of benzene rings is 1. The fraction of sp³-hybridized carbons (Fsp3) is 0.375. The first-order chi connectivity index (χ1) is 11.2. The fourth-order valence-electron chi connectivity index (χ4n) is 3.18. The molecule has 1 amide bonds. The van der Waals surface area contributed by atoms with Gasteiger partial charge in [-0.2, -0.15) is 5.10 Å². The second-order valence-electron chi connectivity index (χ2n) is 5.79. The van der Waals surface area contributed by atoms with Gasteiger partial charge in [0.1, 0.15) is 0 Å². The number of carbonyl (C=O) groups excluding carboxylic acids is 1. The Labute approximate surface area is 138 Å². The molecule has 0 bridgehead atoms. The number of likely N-dealkylation sites (tertiary alicyclic amines) is 1. The van der Waals surface area contributed by atoms with Crippen molar-refractivity contribution in [3.63, 3.8) is 0 Å². The van der Waals surface area contributed by atoms with Crippen LogP contribution in [0.2, 0.25) is 5.02 Å². The molecule has 1 unspecified atom stereocenters. The Bertz CT molecular complexity index is 732. The number of carbonyl (C=O) groups is 1. The molecule has 1 fully saturated rings. The van der Waals surface area contributed by atoms with Crippen molar-refractivity contribution < 1.29 is 14.3 Å². The Balaban J connectivity index is 1.56. The Morgan fingerprint density at radius 3 is 3.13 bits per heavy atom. The van der Waals surface area contributed by atoms with E-state index in [0.29, 0.717) is 34.5 Å². The molecule has 1 N–H and O–H groups in total. The zero-order valence-electron chi connectivity index (χ0n) is 12.4. The van der Waals surface area contributed by atoms with Crippen LogP contribution in [0.5, 0.6) is 11.5 Å². The summed E-state index contributed by atoms with van der Waals surface area (Å²) in [7, 11) is 0. The van der Waals surface area contributed by atoms with Gasteiger partial charge in [-0.15, -0.1) is 0 Å². The van der Waals surface area contributed by atoms with Crippen LogP contribution in [0.4, 0.5) is 0 Å². The maximum Gasteiger partial charge on any atom is 0.254 e. The van der Waals surface area contributed by atoms with E-state index in [0.717, 1.165) is 25.1 Å². The maximum atomic E-state index is 12.8. The third-order valence-corrected chi connectivity index (χ3v) is 4.63. The van der Waals surface area contributed by atoms with Crippen molar-refractivity contribution in [3.05, 3.63) is 40.7 Å². The van der Waals surface area contributed by atoms with Crippen LogP contribution < -0.4 is 9.47 Å². The van der Waals surface area contributed by atoms with Crippen molar-refractivity contribution in [2.45, 2.75) is 18.8 Å². The van der Waals surface area contributed by atoms with Crippen LogP contribution in [-0.4, -0.2) is 40.9 Å². The number of halogens is 1. The molecule has 4 rings (SSSR count). The minimum Gasteiger partial charge on any atom is -0.454 e. The molecule has 1 saturated heterocycles. The van der Waals surface area contributed by atoms with Gasteiger partial charge < -0.3 is 14.4 Å². The Morgan fingerprint density at radius 1 is 1.39 bits per heavy atom. The maximum absolute atomic E-state index is 12.8. The predicted octanol–water partition coefficient (Wildman–Crippen LogP) is 2.81. The van der Waals surface area contributed by atoms with Gasteiger partial charge in [-0.25, -0.2) is 0 Å². The van der Waals surface area contributed by atoms with Gasteiger partial charge in [0.05, 0.1) is 5.02 Å². The highest BCUT2D eigenvalue weighted by Gasteiger charge is 2.28. The van der Waals surface area contributed by atoms with Gasteiger partial charge in [0.25, 0.3) is 5.91 Å². The zero-order chi connectivity index (χ0) is 15.8. The first kappa shape index (κ1) is 14.4. The number of aromatic amines is 1. The number of fused-ring (bicyclic) bond motifs is 1. The van der Waals surface area contributed by atoms with Crippen LogP contribution in [-0.2, 0) is 0 Å². The summed E-state index contributed by atoms with van der Waals surface area (Å²) in [4.78, 5) is 14.7. The number of piperidine rings is 1. The van der Waals surface area contributed by atoms with E-state index in [-0.39, 0.29) is 12.7 Å². The first-order valence-electron chi connectivity index (χ1n) is 7.60. The summed E-state index contributed by atoms with van der Waals surface area (Å²) in [5, 5.41) is 7.41. The number of hydrogen-bond acceptors (Lipinski definition) is 4. The largest absolute Gasteiger partial charge is 0.454 e. The van der Waals surface area contributed by atoms with Crippen molar-refractivity contribution in [1.82, 2.24) is 15.1 Å². The van der Waals surface area contributed by atoms with Gasteiger partial charge in [-0.1, -0.05) is 11.6 Å². The van der Waals surface area contributed by atoms with Gasteiger partial charge in [0, 0.05) is 36.5 Å². The lowest BCUT2D eigenvalue weighted by atomic mass is 9.94. The highest BCUT2D eigenvalue weighted by atomic mass is 35.5. The number of aromatic nitrogens is 2. The van der Waals surface area contributed by atoms with E-state index >= 15 is 0 Å². The minimum absolute atomic E-state index is 0.0329. The third kappa shape index (κ3) is 2.63. The number of amides is 1. The number of hydrogen-bond donors (Lipinski definition) is 1. The molecule has 1 aromatic heterocycles. The summed E-state index contributed by atoms with van der Waals surface area (Å²) in [5.74, 6) is 1.30. The van der Waals surface area contributed by atoms with E-state index in [9.17, 15) is 4.79 Å². The average Bonchev–Trinajstić information content (AvgIpc) is 3.25. The van der Waals surface area contributed by atoms with Gasteiger partial charge in [-0.3, -0.25) is 9.89 Å². The summed E-state index contributed by atoms with van der Waals surface area (Å²) in [6.45, 7) is 1.56. The normalized spacial score (nSPS) is 19.9. The zero-order valence-corrected chi connectivity index (χ0v) is 13.2. The number of ether oxygens (including phenoxy) is 2.